The number of carbonyl (C=O) groups excluding carboxylic acids is 1. The first-order valence-corrected chi connectivity index (χ1v) is 11.9. The molecular weight excluding hydrogens is 507 g/mol. The fraction of sp³-hybridized carbons (Fsp3) is 0.235. The van der Waals surface area contributed by atoms with E-state index in [1.165, 1.54) is 0 Å². The highest BCUT2D eigenvalue weighted by atomic mass is 127. The molecule has 0 saturated carbocycles. The van der Waals surface area contributed by atoms with E-state index in [1.807, 2.05) is 24.3 Å². The summed E-state index contributed by atoms with van der Waals surface area (Å²) >= 11 is 9.56. The Morgan fingerprint density at radius 3 is 2.35 bits per heavy atom. The number of halogens is 2. The van der Waals surface area contributed by atoms with Gasteiger partial charge in [0.2, 0.25) is 15.9 Å². The van der Waals surface area contributed by atoms with E-state index >= 15 is 0 Å². The minimum Gasteiger partial charge on any atom is -0.354 e. The molecule has 1 N–H and O–H groups in total. The molecule has 0 aliphatic rings. The first kappa shape index (κ1) is 21.3. The number of amides is 1. The van der Waals surface area contributed by atoms with Crippen LogP contribution in [-0.2, 0) is 14.8 Å². The zero-order valence-corrected chi connectivity index (χ0v) is 18.5. The van der Waals surface area contributed by atoms with Crippen molar-refractivity contribution < 1.29 is 13.2 Å². The zero-order valence-electron chi connectivity index (χ0n) is 14.0. The number of benzene rings is 2. The number of anilines is 1. The van der Waals surface area contributed by atoms with Gasteiger partial charge in [-0.1, -0.05) is 11.6 Å². The fourth-order valence-corrected chi connectivity index (χ4v) is 4.19. The highest BCUT2D eigenvalue weighted by Gasteiger charge is 2.20. The predicted molar refractivity (Wildman–Crippen MR) is 117 cm³/mol. The Labute approximate surface area is 176 Å². The number of carbonyl (C=O) groups is 1. The quantitative estimate of drug-likeness (QED) is 0.325. The van der Waals surface area contributed by atoms with Gasteiger partial charge in [-0.15, -0.1) is 11.8 Å². The average Bonchev–Trinajstić information content (AvgIpc) is 2.58. The van der Waals surface area contributed by atoms with Crippen LogP contribution >= 0.6 is 46.0 Å². The Morgan fingerprint density at radius 1 is 1.15 bits per heavy atom. The average molecular weight is 525 g/mol. The van der Waals surface area contributed by atoms with Crippen LogP contribution < -0.4 is 9.62 Å². The van der Waals surface area contributed by atoms with Crippen molar-refractivity contribution in [2.24, 2.45) is 0 Å². The number of hydrogen-bond donors (Lipinski definition) is 1. The molecule has 0 fully saturated rings. The maximum atomic E-state index is 12.2. The van der Waals surface area contributed by atoms with Crippen LogP contribution in [0.25, 0.3) is 0 Å². The summed E-state index contributed by atoms with van der Waals surface area (Å²) in [4.78, 5) is 13.2. The summed E-state index contributed by atoms with van der Waals surface area (Å²) in [6.45, 7) is 0.196. The van der Waals surface area contributed by atoms with Crippen molar-refractivity contribution in [1.82, 2.24) is 5.32 Å². The fourth-order valence-electron chi connectivity index (χ4n) is 2.08. The van der Waals surface area contributed by atoms with Crippen LogP contribution in [0.3, 0.4) is 0 Å². The van der Waals surface area contributed by atoms with Crippen LogP contribution in [0.2, 0.25) is 5.02 Å². The van der Waals surface area contributed by atoms with Gasteiger partial charge in [0.1, 0.15) is 6.54 Å². The highest BCUT2D eigenvalue weighted by molar-refractivity contribution is 14.1. The van der Waals surface area contributed by atoms with Gasteiger partial charge in [-0.2, -0.15) is 0 Å². The lowest BCUT2D eigenvalue weighted by Gasteiger charge is -2.22. The molecule has 9 heteroatoms. The summed E-state index contributed by atoms with van der Waals surface area (Å²) in [5, 5.41) is 3.43. The number of sulfonamides is 1. The summed E-state index contributed by atoms with van der Waals surface area (Å²) in [5.74, 6) is 0.334. The van der Waals surface area contributed by atoms with E-state index in [1.54, 1.807) is 36.0 Å². The predicted octanol–water partition coefficient (Wildman–Crippen LogP) is 3.62. The van der Waals surface area contributed by atoms with Crippen molar-refractivity contribution in [2.45, 2.75) is 4.90 Å². The molecule has 0 aliphatic carbocycles. The SMILES string of the molecule is CS(=O)(=O)N(CC(=O)NCCSc1ccc(Cl)cc1)c1ccc(I)cc1. The van der Waals surface area contributed by atoms with Gasteiger partial charge in [-0.3, -0.25) is 9.10 Å². The van der Waals surface area contributed by atoms with E-state index < -0.39 is 10.0 Å². The van der Waals surface area contributed by atoms with Crippen molar-refractivity contribution >= 4 is 67.6 Å². The molecule has 0 saturated heterocycles. The van der Waals surface area contributed by atoms with E-state index in [-0.39, 0.29) is 12.5 Å². The van der Waals surface area contributed by atoms with E-state index in [9.17, 15) is 13.2 Å². The van der Waals surface area contributed by atoms with Crippen molar-refractivity contribution in [3.8, 4) is 0 Å². The Kier molecular flexibility index (Phi) is 8.05. The van der Waals surface area contributed by atoms with Gasteiger partial charge >= 0.3 is 0 Å². The van der Waals surface area contributed by atoms with E-state index in [4.69, 9.17) is 11.6 Å². The number of hydrogen-bond acceptors (Lipinski definition) is 4. The molecule has 0 unspecified atom stereocenters. The largest absolute Gasteiger partial charge is 0.354 e. The molecule has 26 heavy (non-hydrogen) atoms. The number of nitrogens with one attached hydrogen (secondary N) is 1. The molecule has 0 heterocycles. The Hall–Kier alpha value is -0.970. The second-order valence-corrected chi connectivity index (χ2v) is 10.2. The molecule has 0 aromatic heterocycles. The van der Waals surface area contributed by atoms with Crippen LogP contribution in [0.4, 0.5) is 5.69 Å². The Morgan fingerprint density at radius 2 is 1.77 bits per heavy atom. The third-order valence-electron chi connectivity index (χ3n) is 3.31. The molecule has 0 radical (unpaired) electrons. The molecule has 1 amide bonds. The molecule has 0 bridgehead atoms. The molecule has 2 rings (SSSR count). The maximum absolute atomic E-state index is 12.2. The number of nitrogens with zero attached hydrogens (tertiary/aromatic N) is 1. The van der Waals surface area contributed by atoms with Gasteiger partial charge in [0.25, 0.3) is 0 Å². The summed E-state index contributed by atoms with van der Waals surface area (Å²) in [7, 11) is -3.55. The topological polar surface area (TPSA) is 66.5 Å². The molecule has 0 atom stereocenters. The Bertz CT molecular complexity index is 843. The summed E-state index contributed by atoms with van der Waals surface area (Å²) in [5.41, 5.74) is 0.471. The number of thioether (sulfide) groups is 1. The monoisotopic (exact) mass is 524 g/mol. The van der Waals surface area contributed by atoms with Crippen LogP contribution in [0.5, 0.6) is 0 Å². The van der Waals surface area contributed by atoms with Crippen LogP contribution in [0.1, 0.15) is 0 Å². The summed E-state index contributed by atoms with van der Waals surface area (Å²) < 4.78 is 26.1. The molecule has 140 valence electrons. The molecule has 2 aromatic carbocycles. The molecule has 0 spiro atoms. The minimum atomic E-state index is -3.55. The molecule has 2 aromatic rings. The van der Waals surface area contributed by atoms with Gasteiger partial charge in [-0.25, -0.2) is 8.42 Å². The minimum absolute atomic E-state index is 0.245. The van der Waals surface area contributed by atoms with Crippen LogP contribution in [0, 0.1) is 3.57 Å². The smallest absolute Gasteiger partial charge is 0.240 e. The van der Waals surface area contributed by atoms with Gasteiger partial charge in [0.15, 0.2) is 0 Å². The number of rotatable bonds is 8. The molecular formula is C17H18ClIN2O3S2. The second kappa shape index (κ2) is 9.82. The highest BCUT2D eigenvalue weighted by Crippen LogP contribution is 2.20. The lowest BCUT2D eigenvalue weighted by molar-refractivity contribution is -0.119. The third kappa shape index (κ3) is 6.98. The third-order valence-corrected chi connectivity index (χ3v) is 6.43. The first-order chi connectivity index (χ1) is 12.3. The van der Waals surface area contributed by atoms with Crippen molar-refractivity contribution in [3.05, 3.63) is 57.1 Å². The van der Waals surface area contributed by atoms with Crippen molar-refractivity contribution in [2.75, 3.05) is 29.4 Å². The lowest BCUT2D eigenvalue weighted by atomic mass is 10.3. The standard InChI is InChI=1S/C17H18ClIN2O3S2/c1-26(23,24)21(15-6-4-14(19)5-7-15)12-17(22)20-10-11-25-16-8-2-13(18)3-9-16/h2-9H,10-12H2,1H3,(H,20,22). The van der Waals surface area contributed by atoms with Crippen molar-refractivity contribution in [1.29, 1.82) is 0 Å². The van der Waals surface area contributed by atoms with Gasteiger partial charge in [0, 0.05) is 25.8 Å². The van der Waals surface area contributed by atoms with Gasteiger partial charge in [-0.05, 0) is 71.1 Å². The van der Waals surface area contributed by atoms with E-state index in [0.717, 1.165) is 19.0 Å². The van der Waals surface area contributed by atoms with E-state index in [0.29, 0.717) is 23.0 Å². The van der Waals surface area contributed by atoms with Crippen LogP contribution in [0.15, 0.2) is 53.4 Å². The lowest BCUT2D eigenvalue weighted by Crippen LogP contribution is -2.41. The van der Waals surface area contributed by atoms with Crippen molar-refractivity contribution in [3.63, 3.8) is 0 Å². The van der Waals surface area contributed by atoms with Crippen LogP contribution in [-0.4, -0.2) is 39.4 Å². The van der Waals surface area contributed by atoms with E-state index in [2.05, 4.69) is 27.9 Å². The summed E-state index contributed by atoms with van der Waals surface area (Å²) in [6, 6.07) is 14.4. The zero-order chi connectivity index (χ0) is 19.2. The maximum Gasteiger partial charge on any atom is 0.240 e. The first-order valence-electron chi connectivity index (χ1n) is 7.64. The molecule has 5 nitrogen and oxygen atoms in total. The van der Waals surface area contributed by atoms with Gasteiger partial charge in [0.05, 0.1) is 11.9 Å². The second-order valence-electron chi connectivity index (χ2n) is 5.40. The normalized spacial score (nSPS) is 11.2. The molecule has 0 aliphatic heterocycles. The summed E-state index contributed by atoms with van der Waals surface area (Å²) in [6.07, 6.45) is 1.09. The Balaban J connectivity index is 1.87. The van der Waals surface area contributed by atoms with Gasteiger partial charge < -0.3 is 5.32 Å².